The van der Waals surface area contributed by atoms with Crippen molar-refractivity contribution in [3.8, 4) is 0 Å². The molecule has 1 unspecified atom stereocenters. The predicted octanol–water partition coefficient (Wildman–Crippen LogP) is 4.38. The molecule has 0 radical (unpaired) electrons. The third kappa shape index (κ3) is 5.07. The Labute approximate surface area is 105 Å². The van der Waals surface area contributed by atoms with Gasteiger partial charge in [0.1, 0.15) is 10.8 Å². The first-order chi connectivity index (χ1) is 7.56. The average molecular weight is 289 g/mol. The Hall–Kier alpha value is 0.270. The Morgan fingerprint density at radius 1 is 1.44 bits per heavy atom. The van der Waals surface area contributed by atoms with E-state index in [9.17, 15) is 4.57 Å². The molecular formula is C9H15Cl2O4P. The number of hydrogen-bond donors (Lipinski definition) is 0. The summed E-state index contributed by atoms with van der Waals surface area (Å²) in [6.07, 6.45) is 4.79. The highest BCUT2D eigenvalue weighted by Gasteiger charge is 2.32. The quantitative estimate of drug-likeness (QED) is 0.537. The van der Waals surface area contributed by atoms with Gasteiger partial charge in [0.2, 0.25) is 0 Å². The summed E-state index contributed by atoms with van der Waals surface area (Å²) in [5.41, 5.74) is 0. The molecule has 94 valence electrons. The lowest BCUT2D eigenvalue weighted by molar-refractivity contribution is 0.106. The van der Waals surface area contributed by atoms with Gasteiger partial charge in [-0.3, -0.25) is 9.05 Å². The Morgan fingerprint density at radius 2 is 2.06 bits per heavy atom. The average Bonchev–Trinajstić information content (AvgIpc) is 2.68. The molecule has 0 spiro atoms. The summed E-state index contributed by atoms with van der Waals surface area (Å²) in [5, 5.41) is 0. The SMILES string of the molecule is CCOP(=O)(OC=C(Cl)Cl)OC1CCCC1. The van der Waals surface area contributed by atoms with E-state index >= 15 is 0 Å². The van der Waals surface area contributed by atoms with Crippen LogP contribution in [0.4, 0.5) is 0 Å². The van der Waals surface area contributed by atoms with Crippen molar-refractivity contribution in [3.63, 3.8) is 0 Å². The second kappa shape index (κ2) is 6.87. The molecular weight excluding hydrogens is 274 g/mol. The van der Waals surface area contributed by atoms with Gasteiger partial charge >= 0.3 is 7.82 Å². The minimum atomic E-state index is -3.57. The van der Waals surface area contributed by atoms with Gasteiger partial charge in [-0.2, -0.15) is 0 Å². The summed E-state index contributed by atoms with van der Waals surface area (Å²) in [6.45, 7) is 1.94. The van der Waals surface area contributed by atoms with Gasteiger partial charge in [-0.25, -0.2) is 4.57 Å². The van der Waals surface area contributed by atoms with E-state index in [0.29, 0.717) is 0 Å². The Morgan fingerprint density at radius 3 is 2.56 bits per heavy atom. The zero-order valence-corrected chi connectivity index (χ0v) is 11.4. The number of phosphoric ester groups is 1. The number of phosphoric acid groups is 1. The summed E-state index contributed by atoms with van der Waals surface area (Å²) in [5.74, 6) is 0. The molecule has 1 rings (SSSR count). The number of halogens is 2. The van der Waals surface area contributed by atoms with Crippen molar-refractivity contribution in [2.24, 2.45) is 0 Å². The van der Waals surface area contributed by atoms with Gasteiger partial charge in [-0.1, -0.05) is 36.0 Å². The lowest BCUT2D eigenvalue weighted by atomic mass is 10.3. The summed E-state index contributed by atoms with van der Waals surface area (Å²) < 4.78 is 27.1. The van der Waals surface area contributed by atoms with Crippen molar-refractivity contribution in [1.82, 2.24) is 0 Å². The lowest BCUT2D eigenvalue weighted by Crippen LogP contribution is -2.08. The second-order valence-corrected chi connectivity index (χ2v) is 5.97. The molecule has 16 heavy (non-hydrogen) atoms. The van der Waals surface area contributed by atoms with Crippen LogP contribution < -0.4 is 0 Å². The molecule has 0 amide bonds. The molecule has 0 bridgehead atoms. The van der Waals surface area contributed by atoms with Crippen molar-refractivity contribution in [2.75, 3.05) is 6.61 Å². The summed E-state index contributed by atoms with van der Waals surface area (Å²) >= 11 is 10.7. The van der Waals surface area contributed by atoms with Gasteiger partial charge in [-0.15, -0.1) is 0 Å². The molecule has 7 heteroatoms. The highest BCUT2D eigenvalue weighted by molar-refractivity contribution is 7.48. The molecule has 1 saturated carbocycles. The first-order valence-corrected chi connectivity index (χ1v) is 7.40. The summed E-state index contributed by atoms with van der Waals surface area (Å²) in [6, 6.07) is 0. The first kappa shape index (κ1) is 14.3. The summed E-state index contributed by atoms with van der Waals surface area (Å²) in [7, 11) is -3.57. The largest absolute Gasteiger partial charge is 0.529 e. The van der Waals surface area contributed by atoms with Crippen LogP contribution in [0.5, 0.6) is 0 Å². The van der Waals surface area contributed by atoms with E-state index in [1.54, 1.807) is 6.92 Å². The Balaban J connectivity index is 2.56. The van der Waals surface area contributed by atoms with Gasteiger partial charge in [0.15, 0.2) is 0 Å². The van der Waals surface area contributed by atoms with E-state index in [1.165, 1.54) is 0 Å². The molecule has 1 fully saturated rings. The molecule has 0 heterocycles. The predicted molar refractivity (Wildman–Crippen MR) is 63.4 cm³/mol. The molecule has 0 aromatic heterocycles. The van der Waals surface area contributed by atoms with Gasteiger partial charge in [0.05, 0.1) is 12.7 Å². The third-order valence-corrected chi connectivity index (χ3v) is 3.81. The topological polar surface area (TPSA) is 44.8 Å². The monoisotopic (exact) mass is 288 g/mol. The van der Waals surface area contributed by atoms with E-state index in [4.69, 9.17) is 36.8 Å². The molecule has 1 aliphatic carbocycles. The van der Waals surface area contributed by atoms with E-state index in [2.05, 4.69) is 0 Å². The van der Waals surface area contributed by atoms with Crippen LogP contribution in [-0.2, 0) is 18.1 Å². The number of rotatable bonds is 6. The van der Waals surface area contributed by atoms with Gasteiger partial charge in [0, 0.05) is 0 Å². The molecule has 4 nitrogen and oxygen atoms in total. The van der Waals surface area contributed by atoms with Gasteiger partial charge < -0.3 is 4.52 Å². The van der Waals surface area contributed by atoms with Crippen LogP contribution in [0.1, 0.15) is 32.6 Å². The van der Waals surface area contributed by atoms with E-state index < -0.39 is 7.82 Å². The standard InChI is InChI=1S/C9H15Cl2O4P/c1-2-13-16(12,14-7-9(10)11)15-8-5-3-4-6-8/h7-8H,2-6H2,1H3. The van der Waals surface area contributed by atoms with Crippen LogP contribution in [0.15, 0.2) is 10.8 Å². The van der Waals surface area contributed by atoms with Crippen LogP contribution in [0.25, 0.3) is 0 Å². The van der Waals surface area contributed by atoms with Crippen molar-refractivity contribution in [3.05, 3.63) is 10.8 Å². The van der Waals surface area contributed by atoms with Crippen LogP contribution in [0, 0.1) is 0 Å². The van der Waals surface area contributed by atoms with Crippen molar-refractivity contribution >= 4 is 31.0 Å². The van der Waals surface area contributed by atoms with Gasteiger partial charge in [-0.05, 0) is 19.8 Å². The normalized spacial score (nSPS) is 20.4. The van der Waals surface area contributed by atoms with Crippen LogP contribution in [-0.4, -0.2) is 12.7 Å². The first-order valence-electron chi connectivity index (χ1n) is 5.18. The van der Waals surface area contributed by atoms with E-state index in [1.807, 2.05) is 0 Å². The molecule has 0 N–H and O–H groups in total. The van der Waals surface area contributed by atoms with Crippen LogP contribution in [0.2, 0.25) is 0 Å². The van der Waals surface area contributed by atoms with E-state index in [-0.39, 0.29) is 17.2 Å². The van der Waals surface area contributed by atoms with E-state index in [0.717, 1.165) is 31.9 Å². The summed E-state index contributed by atoms with van der Waals surface area (Å²) in [4.78, 5) is 0. The second-order valence-electron chi connectivity index (χ2n) is 3.39. The van der Waals surface area contributed by atoms with Crippen molar-refractivity contribution < 1.29 is 18.1 Å². The molecule has 1 aliphatic rings. The minimum Gasteiger partial charge on any atom is -0.409 e. The zero-order valence-electron chi connectivity index (χ0n) is 9.03. The van der Waals surface area contributed by atoms with Crippen molar-refractivity contribution in [2.45, 2.75) is 38.7 Å². The molecule has 0 aromatic carbocycles. The van der Waals surface area contributed by atoms with Crippen LogP contribution >= 0.6 is 31.0 Å². The maximum Gasteiger partial charge on any atom is 0.529 e. The maximum atomic E-state index is 12.0. The third-order valence-electron chi connectivity index (χ3n) is 2.14. The zero-order chi connectivity index (χ0) is 12.0. The Bertz CT molecular complexity index is 285. The Kier molecular flexibility index (Phi) is 6.16. The molecule has 0 aromatic rings. The fourth-order valence-electron chi connectivity index (χ4n) is 1.52. The smallest absolute Gasteiger partial charge is 0.409 e. The highest BCUT2D eigenvalue weighted by Crippen LogP contribution is 2.52. The maximum absolute atomic E-state index is 12.0. The molecule has 0 aliphatic heterocycles. The fourth-order valence-corrected chi connectivity index (χ4v) is 3.04. The lowest BCUT2D eigenvalue weighted by Gasteiger charge is -2.19. The van der Waals surface area contributed by atoms with Crippen LogP contribution in [0.3, 0.4) is 0 Å². The minimum absolute atomic E-state index is 0.0696. The number of hydrogen-bond acceptors (Lipinski definition) is 4. The van der Waals surface area contributed by atoms with Gasteiger partial charge in [0.25, 0.3) is 0 Å². The molecule has 0 saturated heterocycles. The van der Waals surface area contributed by atoms with Crippen molar-refractivity contribution in [1.29, 1.82) is 0 Å². The highest BCUT2D eigenvalue weighted by atomic mass is 35.5. The fraction of sp³-hybridized carbons (Fsp3) is 0.778. The molecule has 1 atom stereocenters.